The van der Waals surface area contributed by atoms with Crippen molar-refractivity contribution in [3.8, 4) is 0 Å². The van der Waals surface area contributed by atoms with Gasteiger partial charge in [-0.15, -0.1) is 0 Å². The lowest BCUT2D eigenvalue weighted by Gasteiger charge is -2.40. The van der Waals surface area contributed by atoms with E-state index in [-0.39, 0.29) is 0 Å². The second kappa shape index (κ2) is 3.58. The summed E-state index contributed by atoms with van der Waals surface area (Å²) in [6, 6.07) is 0.607. The third-order valence-electron chi connectivity index (χ3n) is 8.46. The second-order valence-corrected chi connectivity index (χ2v) is 8.92. The first kappa shape index (κ1) is 11.7. The van der Waals surface area contributed by atoms with Crippen LogP contribution in [0.5, 0.6) is 0 Å². The summed E-state index contributed by atoms with van der Waals surface area (Å²) >= 11 is 0. The molecule has 112 valence electrons. The van der Waals surface area contributed by atoms with E-state index in [0.29, 0.717) is 23.3 Å². The van der Waals surface area contributed by atoms with Gasteiger partial charge in [-0.3, -0.25) is 4.79 Å². The molecule has 1 heterocycles. The molecule has 2 nitrogen and oxygen atoms in total. The molecule has 6 unspecified atom stereocenters. The summed E-state index contributed by atoms with van der Waals surface area (Å²) in [5.41, 5.74) is 2.13. The van der Waals surface area contributed by atoms with Gasteiger partial charge in [0.1, 0.15) is 0 Å². The van der Waals surface area contributed by atoms with Gasteiger partial charge in [0.15, 0.2) is 0 Å². The van der Waals surface area contributed by atoms with Gasteiger partial charge in [0.2, 0.25) is 5.91 Å². The number of rotatable bonds is 1. The highest BCUT2D eigenvalue weighted by molar-refractivity contribution is 5.84. The molecule has 0 aromatic heterocycles. The predicted molar refractivity (Wildman–Crippen MR) is 80.4 cm³/mol. The fraction of sp³-hybridized carbons (Fsp3) is 0.842. The minimum absolute atomic E-state index is 0.423. The predicted octanol–water partition coefficient (Wildman–Crippen LogP) is 3.38. The van der Waals surface area contributed by atoms with E-state index >= 15 is 0 Å². The maximum Gasteiger partial charge on any atom is 0.226 e. The smallest absolute Gasteiger partial charge is 0.226 e. The molecule has 6 atom stereocenters. The molecule has 6 aliphatic rings. The molecule has 0 aromatic rings. The van der Waals surface area contributed by atoms with Crippen LogP contribution in [-0.2, 0) is 4.79 Å². The first-order valence-corrected chi connectivity index (χ1v) is 9.26. The van der Waals surface area contributed by atoms with Crippen LogP contribution in [0.25, 0.3) is 0 Å². The van der Waals surface area contributed by atoms with E-state index in [0.717, 1.165) is 30.2 Å². The Labute approximate surface area is 127 Å². The molecular formula is C19H25NO. The van der Waals surface area contributed by atoms with Crippen molar-refractivity contribution in [2.45, 2.75) is 57.4 Å². The van der Waals surface area contributed by atoms with E-state index in [4.69, 9.17) is 0 Å². The number of hydrogen-bond donors (Lipinski definition) is 0. The normalized spacial score (nSPS) is 53.7. The van der Waals surface area contributed by atoms with Crippen LogP contribution in [0.2, 0.25) is 0 Å². The maximum atomic E-state index is 13.2. The quantitative estimate of drug-likeness (QED) is 0.676. The molecule has 0 radical (unpaired) electrons. The number of likely N-dealkylation sites (tertiary alicyclic amines) is 1. The van der Waals surface area contributed by atoms with Gasteiger partial charge in [0.25, 0.3) is 0 Å². The molecular weight excluding hydrogens is 258 g/mol. The van der Waals surface area contributed by atoms with Gasteiger partial charge in [-0.05, 0) is 67.6 Å². The summed E-state index contributed by atoms with van der Waals surface area (Å²) in [6.07, 6.45) is 13.2. The van der Waals surface area contributed by atoms with Crippen molar-refractivity contribution in [3.63, 3.8) is 0 Å². The van der Waals surface area contributed by atoms with E-state index in [1.54, 1.807) is 5.57 Å². The Balaban J connectivity index is 1.41. The number of carbonyl (C=O) groups excluding carboxylic acids is 1. The third kappa shape index (κ3) is 1.19. The Hall–Kier alpha value is -0.790. The number of fused-ring (bicyclic) bond motifs is 5. The molecule has 1 spiro atoms. The van der Waals surface area contributed by atoms with Gasteiger partial charge < -0.3 is 4.90 Å². The van der Waals surface area contributed by atoms with Crippen molar-refractivity contribution in [1.82, 2.24) is 4.90 Å². The Morgan fingerprint density at radius 3 is 2.86 bits per heavy atom. The lowest BCUT2D eigenvalue weighted by Crippen LogP contribution is -2.42. The molecule has 0 N–H and O–H groups in total. The number of carbonyl (C=O) groups is 1. The van der Waals surface area contributed by atoms with Crippen molar-refractivity contribution in [2.24, 2.45) is 35.0 Å². The topological polar surface area (TPSA) is 20.3 Å². The van der Waals surface area contributed by atoms with Crippen LogP contribution in [0.15, 0.2) is 11.6 Å². The van der Waals surface area contributed by atoms with Crippen molar-refractivity contribution >= 4 is 5.91 Å². The Morgan fingerprint density at radius 1 is 1.14 bits per heavy atom. The molecule has 1 saturated heterocycles. The van der Waals surface area contributed by atoms with Crippen LogP contribution in [-0.4, -0.2) is 23.4 Å². The maximum absolute atomic E-state index is 13.2. The molecule has 4 bridgehead atoms. The summed E-state index contributed by atoms with van der Waals surface area (Å²) in [6.45, 7) is 1.12. The molecule has 1 aliphatic heterocycles. The molecule has 6 rings (SSSR count). The second-order valence-electron chi connectivity index (χ2n) is 8.92. The zero-order valence-electron chi connectivity index (χ0n) is 12.8. The molecule has 4 saturated carbocycles. The lowest BCUT2D eigenvalue weighted by atomic mass is 9.62. The van der Waals surface area contributed by atoms with Gasteiger partial charge in [-0.2, -0.15) is 0 Å². The Morgan fingerprint density at radius 2 is 2.00 bits per heavy atom. The number of amides is 1. The van der Waals surface area contributed by atoms with E-state index in [9.17, 15) is 4.79 Å². The number of allylic oxidation sites excluding steroid dienone is 2. The SMILES string of the molecule is O=C1C2C(CN1C1CCCC1)C1CC23CC2=CCC1C3C2. The standard InChI is InChI=1S/C19H25NO/c21-18-17-15(10-20(18)12-3-1-2-4-12)14-9-19(17)8-11-5-6-13(14)16(19)7-11/h5,12-17H,1-4,6-10H2. The average Bonchev–Trinajstić information content (AvgIpc) is 3.19. The highest BCUT2D eigenvalue weighted by Gasteiger charge is 2.73. The van der Waals surface area contributed by atoms with Gasteiger partial charge in [-0.25, -0.2) is 0 Å². The van der Waals surface area contributed by atoms with E-state index in [1.807, 2.05) is 0 Å². The number of nitrogens with zero attached hydrogens (tertiary/aromatic N) is 1. The minimum Gasteiger partial charge on any atom is -0.339 e. The molecule has 1 amide bonds. The summed E-state index contributed by atoms with van der Waals surface area (Å²) < 4.78 is 0. The molecule has 2 heteroatoms. The summed E-state index contributed by atoms with van der Waals surface area (Å²) in [5.74, 6) is 4.44. The van der Waals surface area contributed by atoms with Crippen LogP contribution >= 0.6 is 0 Å². The van der Waals surface area contributed by atoms with Crippen molar-refractivity contribution < 1.29 is 4.79 Å². The monoisotopic (exact) mass is 283 g/mol. The van der Waals surface area contributed by atoms with Crippen molar-refractivity contribution in [3.05, 3.63) is 11.6 Å². The Bertz CT molecular complexity index is 560. The van der Waals surface area contributed by atoms with Gasteiger partial charge in [0, 0.05) is 18.5 Å². The summed E-state index contributed by atoms with van der Waals surface area (Å²) in [5, 5.41) is 0. The Kier molecular flexibility index (Phi) is 2.00. The molecule has 0 aromatic carbocycles. The minimum atomic E-state index is 0.423. The fourth-order valence-electron chi connectivity index (χ4n) is 7.92. The summed E-state index contributed by atoms with van der Waals surface area (Å²) in [7, 11) is 0. The van der Waals surface area contributed by atoms with E-state index < -0.39 is 0 Å². The lowest BCUT2D eigenvalue weighted by molar-refractivity contribution is -0.137. The third-order valence-corrected chi connectivity index (χ3v) is 8.46. The zero-order chi connectivity index (χ0) is 13.8. The van der Waals surface area contributed by atoms with Crippen LogP contribution in [0.1, 0.15) is 51.4 Å². The van der Waals surface area contributed by atoms with Gasteiger partial charge in [0.05, 0.1) is 0 Å². The van der Waals surface area contributed by atoms with Crippen LogP contribution in [0.4, 0.5) is 0 Å². The number of hydrogen-bond acceptors (Lipinski definition) is 1. The zero-order valence-corrected chi connectivity index (χ0v) is 12.8. The van der Waals surface area contributed by atoms with E-state index in [1.165, 1.54) is 51.4 Å². The highest BCUT2D eigenvalue weighted by Crippen LogP contribution is 2.76. The summed E-state index contributed by atoms with van der Waals surface area (Å²) in [4.78, 5) is 15.6. The highest BCUT2D eigenvalue weighted by atomic mass is 16.2. The van der Waals surface area contributed by atoms with Crippen LogP contribution in [0.3, 0.4) is 0 Å². The van der Waals surface area contributed by atoms with Crippen LogP contribution < -0.4 is 0 Å². The van der Waals surface area contributed by atoms with Crippen molar-refractivity contribution in [1.29, 1.82) is 0 Å². The molecule has 21 heavy (non-hydrogen) atoms. The van der Waals surface area contributed by atoms with Crippen LogP contribution in [0, 0.1) is 35.0 Å². The van der Waals surface area contributed by atoms with E-state index in [2.05, 4.69) is 11.0 Å². The average molecular weight is 283 g/mol. The van der Waals surface area contributed by atoms with Gasteiger partial charge >= 0.3 is 0 Å². The first-order valence-electron chi connectivity index (χ1n) is 9.26. The van der Waals surface area contributed by atoms with Gasteiger partial charge in [-0.1, -0.05) is 24.5 Å². The van der Waals surface area contributed by atoms with Crippen molar-refractivity contribution in [2.75, 3.05) is 6.54 Å². The first-order chi connectivity index (χ1) is 10.3. The molecule has 5 fully saturated rings. The largest absolute Gasteiger partial charge is 0.339 e. The molecule has 5 aliphatic carbocycles. The fourth-order valence-corrected chi connectivity index (χ4v) is 7.92.